The molecule has 1 rings (SSSR count). The molecule has 90 valence electrons. The molecule has 0 aromatic carbocycles. The Labute approximate surface area is 92.0 Å². The van der Waals surface area contributed by atoms with Crippen molar-refractivity contribution in [3.05, 3.63) is 0 Å². The Morgan fingerprint density at radius 2 is 2.47 bits per heavy atom. The predicted molar refractivity (Wildman–Crippen MR) is 59.0 cm³/mol. The fraction of sp³-hybridized carbons (Fsp3) is 1.00. The number of rotatable bonds is 8. The smallest absolute Gasteiger partial charge is 0.0897 e. The summed E-state index contributed by atoms with van der Waals surface area (Å²) in [7, 11) is 1.60. The largest absolute Gasteiger partial charge is 0.389 e. The molecule has 0 aromatic heterocycles. The summed E-state index contributed by atoms with van der Waals surface area (Å²) in [6.07, 6.45) is 4.77. The maximum absolute atomic E-state index is 9.35. The van der Waals surface area contributed by atoms with E-state index in [9.17, 15) is 5.11 Å². The van der Waals surface area contributed by atoms with E-state index in [4.69, 9.17) is 9.47 Å². The molecule has 4 heteroatoms. The predicted octanol–water partition coefficient (Wildman–Crippen LogP) is 0.542. The number of aliphatic hydroxyl groups excluding tert-OH is 1. The van der Waals surface area contributed by atoms with Gasteiger partial charge in [-0.15, -0.1) is 0 Å². The Balaban J connectivity index is 1.84. The Kier molecular flexibility index (Phi) is 6.92. The van der Waals surface area contributed by atoms with Crippen molar-refractivity contribution in [1.29, 1.82) is 0 Å². The molecule has 1 aliphatic rings. The van der Waals surface area contributed by atoms with Gasteiger partial charge in [0.15, 0.2) is 0 Å². The Bertz CT molecular complexity index is 149. The lowest BCUT2D eigenvalue weighted by molar-refractivity contribution is 0.0641. The van der Waals surface area contributed by atoms with Gasteiger partial charge in [-0.1, -0.05) is 0 Å². The SMILES string of the molecule is COCC(O)CNCCCC1CCCO1. The zero-order chi connectivity index (χ0) is 10.9. The van der Waals surface area contributed by atoms with Crippen molar-refractivity contribution in [2.24, 2.45) is 0 Å². The first-order valence-corrected chi connectivity index (χ1v) is 5.82. The first kappa shape index (κ1) is 12.9. The van der Waals surface area contributed by atoms with Gasteiger partial charge in [0, 0.05) is 20.3 Å². The van der Waals surface area contributed by atoms with Gasteiger partial charge >= 0.3 is 0 Å². The summed E-state index contributed by atoms with van der Waals surface area (Å²) in [5.41, 5.74) is 0. The van der Waals surface area contributed by atoms with Crippen molar-refractivity contribution < 1.29 is 14.6 Å². The molecule has 2 atom stereocenters. The van der Waals surface area contributed by atoms with E-state index in [-0.39, 0.29) is 0 Å². The van der Waals surface area contributed by atoms with Gasteiger partial charge in [0.1, 0.15) is 0 Å². The minimum absolute atomic E-state index is 0.391. The van der Waals surface area contributed by atoms with Crippen LogP contribution in [0.25, 0.3) is 0 Å². The monoisotopic (exact) mass is 217 g/mol. The summed E-state index contributed by atoms with van der Waals surface area (Å²) in [5.74, 6) is 0. The second-order valence-corrected chi connectivity index (χ2v) is 4.09. The van der Waals surface area contributed by atoms with Crippen LogP contribution in [-0.2, 0) is 9.47 Å². The summed E-state index contributed by atoms with van der Waals surface area (Å²) in [6.45, 7) is 2.89. The molecule has 1 heterocycles. The molecule has 0 amide bonds. The van der Waals surface area contributed by atoms with Crippen LogP contribution in [0.1, 0.15) is 25.7 Å². The zero-order valence-electron chi connectivity index (χ0n) is 9.58. The molecular weight excluding hydrogens is 194 g/mol. The first-order chi connectivity index (χ1) is 7.33. The first-order valence-electron chi connectivity index (χ1n) is 5.82. The highest BCUT2D eigenvalue weighted by atomic mass is 16.5. The third-order valence-electron chi connectivity index (χ3n) is 2.64. The Morgan fingerprint density at radius 1 is 1.60 bits per heavy atom. The number of ether oxygens (including phenoxy) is 2. The van der Waals surface area contributed by atoms with Crippen LogP contribution in [0.2, 0.25) is 0 Å². The Hall–Kier alpha value is -0.160. The van der Waals surface area contributed by atoms with Gasteiger partial charge in [-0.3, -0.25) is 0 Å². The maximum Gasteiger partial charge on any atom is 0.0897 e. The highest BCUT2D eigenvalue weighted by molar-refractivity contribution is 4.66. The minimum atomic E-state index is -0.391. The second-order valence-electron chi connectivity index (χ2n) is 4.09. The van der Waals surface area contributed by atoms with Crippen LogP contribution >= 0.6 is 0 Å². The summed E-state index contributed by atoms with van der Waals surface area (Å²) in [5, 5.41) is 12.6. The van der Waals surface area contributed by atoms with Crippen molar-refractivity contribution in [2.45, 2.75) is 37.9 Å². The Morgan fingerprint density at radius 3 is 3.13 bits per heavy atom. The van der Waals surface area contributed by atoms with Crippen molar-refractivity contribution in [1.82, 2.24) is 5.32 Å². The van der Waals surface area contributed by atoms with E-state index in [1.165, 1.54) is 12.8 Å². The average molecular weight is 217 g/mol. The number of hydrogen-bond acceptors (Lipinski definition) is 4. The number of methoxy groups -OCH3 is 1. The molecule has 0 saturated carbocycles. The lowest BCUT2D eigenvalue weighted by atomic mass is 10.1. The lowest BCUT2D eigenvalue weighted by Gasteiger charge is -2.12. The van der Waals surface area contributed by atoms with E-state index < -0.39 is 6.10 Å². The molecule has 4 nitrogen and oxygen atoms in total. The topological polar surface area (TPSA) is 50.7 Å². The molecule has 15 heavy (non-hydrogen) atoms. The van der Waals surface area contributed by atoms with Crippen LogP contribution in [0.5, 0.6) is 0 Å². The van der Waals surface area contributed by atoms with Gasteiger partial charge in [0.2, 0.25) is 0 Å². The van der Waals surface area contributed by atoms with Gasteiger partial charge < -0.3 is 19.9 Å². The molecule has 2 unspecified atom stereocenters. The normalized spacial score (nSPS) is 23.2. The molecule has 1 aliphatic heterocycles. The van der Waals surface area contributed by atoms with Gasteiger partial charge in [0.05, 0.1) is 18.8 Å². The van der Waals surface area contributed by atoms with Crippen molar-refractivity contribution >= 4 is 0 Å². The number of nitrogens with one attached hydrogen (secondary N) is 1. The molecule has 0 radical (unpaired) electrons. The number of hydrogen-bond donors (Lipinski definition) is 2. The molecule has 0 bridgehead atoms. The highest BCUT2D eigenvalue weighted by Gasteiger charge is 2.14. The fourth-order valence-electron chi connectivity index (χ4n) is 1.85. The molecule has 0 aliphatic carbocycles. The quantitative estimate of drug-likeness (QED) is 0.583. The summed E-state index contributed by atoms with van der Waals surface area (Å²) in [6, 6.07) is 0. The third kappa shape index (κ3) is 6.10. The van der Waals surface area contributed by atoms with Crippen molar-refractivity contribution in [2.75, 3.05) is 33.4 Å². The lowest BCUT2D eigenvalue weighted by Crippen LogP contribution is -2.30. The van der Waals surface area contributed by atoms with Crippen LogP contribution < -0.4 is 5.32 Å². The molecule has 0 spiro atoms. The van der Waals surface area contributed by atoms with Gasteiger partial charge in [-0.2, -0.15) is 0 Å². The van der Waals surface area contributed by atoms with E-state index in [2.05, 4.69) is 5.32 Å². The van der Waals surface area contributed by atoms with E-state index in [0.29, 0.717) is 19.3 Å². The van der Waals surface area contributed by atoms with Gasteiger partial charge in [-0.25, -0.2) is 0 Å². The van der Waals surface area contributed by atoms with Gasteiger partial charge in [0.25, 0.3) is 0 Å². The highest BCUT2D eigenvalue weighted by Crippen LogP contribution is 2.16. The second kappa shape index (κ2) is 8.05. The molecule has 2 N–H and O–H groups in total. The van der Waals surface area contributed by atoms with E-state index in [1.54, 1.807) is 7.11 Å². The molecule has 1 fully saturated rings. The van der Waals surface area contributed by atoms with Crippen LogP contribution in [0, 0.1) is 0 Å². The van der Waals surface area contributed by atoms with E-state index >= 15 is 0 Å². The number of aliphatic hydroxyl groups is 1. The van der Waals surface area contributed by atoms with Crippen LogP contribution in [-0.4, -0.2) is 50.7 Å². The maximum atomic E-state index is 9.35. The summed E-state index contributed by atoms with van der Waals surface area (Å²) in [4.78, 5) is 0. The van der Waals surface area contributed by atoms with Crippen molar-refractivity contribution in [3.8, 4) is 0 Å². The van der Waals surface area contributed by atoms with Crippen LogP contribution in [0.3, 0.4) is 0 Å². The third-order valence-corrected chi connectivity index (χ3v) is 2.64. The van der Waals surface area contributed by atoms with Crippen LogP contribution in [0.15, 0.2) is 0 Å². The molecule has 0 aromatic rings. The summed E-state index contributed by atoms with van der Waals surface area (Å²) >= 11 is 0. The molecule has 1 saturated heterocycles. The van der Waals surface area contributed by atoms with E-state index in [0.717, 1.165) is 26.0 Å². The standard InChI is InChI=1S/C11H23NO3/c1-14-9-10(13)8-12-6-2-4-11-5-3-7-15-11/h10-13H,2-9H2,1H3. The van der Waals surface area contributed by atoms with Gasteiger partial charge in [-0.05, 0) is 32.2 Å². The zero-order valence-corrected chi connectivity index (χ0v) is 9.58. The minimum Gasteiger partial charge on any atom is -0.389 e. The summed E-state index contributed by atoms with van der Waals surface area (Å²) < 4.78 is 10.4. The van der Waals surface area contributed by atoms with Crippen LogP contribution in [0.4, 0.5) is 0 Å². The fourth-order valence-corrected chi connectivity index (χ4v) is 1.85. The molecular formula is C11H23NO3. The van der Waals surface area contributed by atoms with E-state index in [1.807, 2.05) is 0 Å². The van der Waals surface area contributed by atoms with Crippen molar-refractivity contribution in [3.63, 3.8) is 0 Å². The average Bonchev–Trinajstić information content (AvgIpc) is 2.70.